The van der Waals surface area contributed by atoms with Gasteiger partial charge in [-0.2, -0.15) is 0 Å². The van der Waals surface area contributed by atoms with Crippen LogP contribution >= 0.6 is 0 Å². The van der Waals surface area contributed by atoms with Gasteiger partial charge in [0, 0.05) is 7.05 Å². The summed E-state index contributed by atoms with van der Waals surface area (Å²) >= 11 is 0. The smallest absolute Gasteiger partial charge is 0.238 e. The van der Waals surface area contributed by atoms with Gasteiger partial charge < -0.3 is 5.32 Å². The van der Waals surface area contributed by atoms with E-state index in [0.29, 0.717) is 0 Å². The third kappa shape index (κ3) is 1.90. The van der Waals surface area contributed by atoms with Crippen LogP contribution in [0.15, 0.2) is 0 Å². The van der Waals surface area contributed by atoms with E-state index in [4.69, 9.17) is 5.84 Å². The Balaban J connectivity index is 3.46. The Hall–Kier alpha value is -0.610. The van der Waals surface area contributed by atoms with Crippen molar-refractivity contribution in [1.82, 2.24) is 10.7 Å². The molecule has 0 bridgehead atoms. The van der Waals surface area contributed by atoms with Crippen LogP contribution in [0.4, 0.5) is 0 Å². The van der Waals surface area contributed by atoms with E-state index in [1.165, 1.54) is 0 Å². The van der Waals surface area contributed by atoms with Crippen LogP contribution in [0.2, 0.25) is 0 Å². The topological polar surface area (TPSA) is 67.2 Å². The summed E-state index contributed by atoms with van der Waals surface area (Å²) in [6.07, 6.45) is 0. The van der Waals surface area contributed by atoms with Crippen LogP contribution < -0.4 is 16.6 Å². The molecule has 0 aromatic carbocycles. The highest BCUT2D eigenvalue weighted by atomic mass is 16.2. The number of carbonyl (C=O) groups is 1. The maximum atomic E-state index is 10.4. The zero-order chi connectivity index (χ0) is 6.57. The van der Waals surface area contributed by atoms with Crippen LogP contribution in [0.3, 0.4) is 0 Å². The monoisotopic (exact) mass is 116 g/mol. The maximum absolute atomic E-state index is 10.4. The average Bonchev–Trinajstić information content (AvgIpc) is 1.84. The number of amides is 1. The van der Waals surface area contributed by atoms with Crippen LogP contribution in [0.5, 0.6) is 0 Å². The lowest BCUT2D eigenvalue weighted by atomic mass is 10.3. The highest BCUT2D eigenvalue weighted by Gasteiger charge is 2.05. The van der Waals surface area contributed by atoms with E-state index in [1.54, 1.807) is 6.92 Å². The molecule has 0 heterocycles. The molecule has 0 aliphatic heterocycles. The SMILES string of the molecule is [CH2]NC(=O)C(C)NN. The summed E-state index contributed by atoms with van der Waals surface area (Å²) in [7, 11) is 3.16. The van der Waals surface area contributed by atoms with Gasteiger partial charge in [0.15, 0.2) is 0 Å². The molecule has 0 saturated heterocycles. The lowest BCUT2D eigenvalue weighted by Gasteiger charge is -2.05. The lowest BCUT2D eigenvalue weighted by Crippen LogP contribution is -2.43. The molecule has 4 heteroatoms. The van der Waals surface area contributed by atoms with Gasteiger partial charge in [0.25, 0.3) is 0 Å². The van der Waals surface area contributed by atoms with Crippen molar-refractivity contribution in [3.8, 4) is 0 Å². The largest absolute Gasteiger partial charge is 0.353 e. The number of hydrazine groups is 1. The Morgan fingerprint density at radius 3 is 2.50 bits per heavy atom. The van der Waals surface area contributed by atoms with Crippen molar-refractivity contribution in [3.63, 3.8) is 0 Å². The molecule has 0 fully saturated rings. The molecular weight excluding hydrogens is 106 g/mol. The predicted octanol–water partition coefficient (Wildman–Crippen LogP) is -1.25. The summed E-state index contributed by atoms with van der Waals surface area (Å²) < 4.78 is 0. The lowest BCUT2D eigenvalue weighted by molar-refractivity contribution is -0.121. The second-order valence-electron chi connectivity index (χ2n) is 1.43. The van der Waals surface area contributed by atoms with E-state index < -0.39 is 0 Å². The summed E-state index contributed by atoms with van der Waals surface area (Å²) in [5.41, 5.74) is 2.26. The molecule has 4 N–H and O–H groups in total. The second kappa shape index (κ2) is 3.40. The quantitative estimate of drug-likeness (QED) is 0.312. The fourth-order valence-electron chi connectivity index (χ4n) is 0.229. The van der Waals surface area contributed by atoms with Crippen molar-refractivity contribution in [2.75, 3.05) is 0 Å². The molecule has 0 rings (SSSR count). The maximum Gasteiger partial charge on any atom is 0.238 e. The molecule has 0 aromatic rings. The van der Waals surface area contributed by atoms with Gasteiger partial charge in [-0.25, -0.2) is 5.43 Å². The fourth-order valence-corrected chi connectivity index (χ4v) is 0.229. The molecule has 1 unspecified atom stereocenters. The molecule has 1 radical (unpaired) electrons. The number of nitrogens with two attached hydrogens (primary N) is 1. The third-order valence-electron chi connectivity index (χ3n) is 0.818. The van der Waals surface area contributed by atoms with E-state index in [2.05, 4.69) is 17.8 Å². The Morgan fingerprint density at radius 1 is 1.88 bits per heavy atom. The van der Waals surface area contributed by atoms with Gasteiger partial charge in [0.1, 0.15) is 0 Å². The van der Waals surface area contributed by atoms with Gasteiger partial charge in [-0.05, 0) is 6.92 Å². The van der Waals surface area contributed by atoms with Crippen molar-refractivity contribution < 1.29 is 4.79 Å². The summed E-state index contributed by atoms with van der Waals surface area (Å²) in [6, 6.07) is -0.368. The van der Waals surface area contributed by atoms with E-state index in [0.717, 1.165) is 0 Å². The number of rotatable bonds is 2. The molecule has 1 amide bonds. The molecule has 0 aliphatic rings. The standard InChI is InChI=1S/C4H10N3O/c1-3(7-5)4(8)6-2/h3,7H,2,5H2,1H3,(H,6,8). The van der Waals surface area contributed by atoms with Crippen LogP contribution in [0, 0.1) is 7.05 Å². The molecule has 0 spiro atoms. The van der Waals surface area contributed by atoms with Gasteiger partial charge in [-0.15, -0.1) is 0 Å². The molecule has 1 atom stereocenters. The van der Waals surface area contributed by atoms with Crippen molar-refractivity contribution in [2.24, 2.45) is 5.84 Å². The number of nitrogens with one attached hydrogen (secondary N) is 2. The van der Waals surface area contributed by atoms with E-state index in [1.807, 2.05) is 0 Å². The van der Waals surface area contributed by atoms with Gasteiger partial charge in [-0.3, -0.25) is 10.6 Å². The van der Waals surface area contributed by atoms with Crippen molar-refractivity contribution in [3.05, 3.63) is 7.05 Å². The summed E-state index contributed by atoms with van der Waals surface area (Å²) in [6.45, 7) is 1.64. The first-order valence-corrected chi connectivity index (χ1v) is 2.25. The van der Waals surface area contributed by atoms with Crippen molar-refractivity contribution >= 4 is 5.91 Å². The first-order valence-electron chi connectivity index (χ1n) is 2.25. The van der Waals surface area contributed by atoms with E-state index in [9.17, 15) is 4.79 Å². The molecule has 0 aliphatic carbocycles. The van der Waals surface area contributed by atoms with Gasteiger partial charge >= 0.3 is 0 Å². The minimum absolute atomic E-state index is 0.215. The van der Waals surface area contributed by atoms with Gasteiger partial charge in [0.2, 0.25) is 5.91 Å². The average molecular weight is 116 g/mol. The van der Waals surface area contributed by atoms with Crippen LogP contribution in [-0.4, -0.2) is 11.9 Å². The number of hydrogen-bond acceptors (Lipinski definition) is 3. The normalized spacial score (nSPS) is 12.9. The molecule has 0 aromatic heterocycles. The van der Waals surface area contributed by atoms with Crippen LogP contribution in [-0.2, 0) is 4.79 Å². The minimum atomic E-state index is -0.368. The number of hydrogen-bond donors (Lipinski definition) is 3. The highest BCUT2D eigenvalue weighted by Crippen LogP contribution is 1.74. The zero-order valence-corrected chi connectivity index (χ0v) is 4.77. The van der Waals surface area contributed by atoms with Crippen LogP contribution in [0.25, 0.3) is 0 Å². The van der Waals surface area contributed by atoms with Crippen molar-refractivity contribution in [2.45, 2.75) is 13.0 Å². The summed E-state index contributed by atoms with van der Waals surface area (Å²) in [4.78, 5) is 10.4. The van der Waals surface area contributed by atoms with Gasteiger partial charge in [0.05, 0.1) is 6.04 Å². The second-order valence-corrected chi connectivity index (χ2v) is 1.43. The van der Waals surface area contributed by atoms with Crippen LogP contribution in [0.1, 0.15) is 6.92 Å². The predicted molar refractivity (Wildman–Crippen MR) is 30.3 cm³/mol. The fraction of sp³-hybridized carbons (Fsp3) is 0.500. The molecule has 47 valence electrons. The Morgan fingerprint density at radius 2 is 2.38 bits per heavy atom. The molecular formula is C4H10N3O. The van der Waals surface area contributed by atoms with E-state index >= 15 is 0 Å². The molecule has 4 nitrogen and oxygen atoms in total. The third-order valence-corrected chi connectivity index (χ3v) is 0.818. The Bertz CT molecular complexity index is 83.4. The zero-order valence-electron chi connectivity index (χ0n) is 4.77. The Labute approximate surface area is 48.4 Å². The first-order chi connectivity index (χ1) is 3.72. The van der Waals surface area contributed by atoms with Gasteiger partial charge in [-0.1, -0.05) is 0 Å². The minimum Gasteiger partial charge on any atom is -0.353 e. The first kappa shape index (κ1) is 7.39. The summed E-state index contributed by atoms with van der Waals surface area (Å²) in [5, 5.41) is 2.18. The molecule has 0 saturated carbocycles. The Kier molecular flexibility index (Phi) is 3.14. The van der Waals surface area contributed by atoms with Crippen molar-refractivity contribution in [1.29, 1.82) is 0 Å². The van der Waals surface area contributed by atoms with E-state index in [-0.39, 0.29) is 11.9 Å². The summed E-state index contributed by atoms with van der Waals surface area (Å²) in [5.74, 6) is 4.69. The highest BCUT2D eigenvalue weighted by molar-refractivity contribution is 5.81. The number of carbonyl (C=O) groups excluding carboxylic acids is 1. The molecule has 8 heavy (non-hydrogen) atoms.